The molecule has 0 aromatic rings. The van der Waals surface area contributed by atoms with Crippen molar-refractivity contribution in [2.45, 2.75) is 151 Å². The van der Waals surface area contributed by atoms with E-state index >= 15 is 0 Å². The first-order valence-corrected chi connectivity index (χ1v) is 18.7. The summed E-state index contributed by atoms with van der Waals surface area (Å²) in [6, 6.07) is 1.15. The van der Waals surface area contributed by atoms with Gasteiger partial charge in [-0.1, -0.05) is 138 Å². The molecule has 2 aliphatic rings. The Morgan fingerprint density at radius 2 is 1.60 bits per heavy atom. The number of likely N-dealkylation sites (tertiary alicyclic amines) is 1. The summed E-state index contributed by atoms with van der Waals surface area (Å²) in [5.74, 6) is 1.13. The van der Waals surface area contributed by atoms with Gasteiger partial charge in [-0.25, -0.2) is 0 Å². The van der Waals surface area contributed by atoms with Crippen LogP contribution < -0.4 is 21.8 Å². The highest BCUT2D eigenvalue weighted by molar-refractivity contribution is 5.22. The molecular formula is C41H85N5O. The highest BCUT2D eigenvalue weighted by Crippen LogP contribution is 2.31. The van der Waals surface area contributed by atoms with Gasteiger partial charge >= 0.3 is 0 Å². The molecule has 280 valence electrons. The average Bonchev–Trinajstić information content (AvgIpc) is 3.81. The molecule has 6 nitrogen and oxygen atoms in total. The highest BCUT2D eigenvalue weighted by Gasteiger charge is 2.22. The topological polar surface area (TPSA) is 74.6 Å². The minimum absolute atomic E-state index is 0.207. The maximum Gasteiger partial charge on any atom is 0.0837 e. The lowest BCUT2D eigenvalue weighted by atomic mass is 9.86. The first-order chi connectivity index (χ1) is 22.4. The largest absolute Gasteiger partial charge is 0.382 e. The van der Waals surface area contributed by atoms with Crippen molar-refractivity contribution in [3.63, 3.8) is 0 Å². The molecule has 47 heavy (non-hydrogen) atoms. The summed E-state index contributed by atoms with van der Waals surface area (Å²) < 4.78 is 0. The zero-order valence-electron chi connectivity index (χ0n) is 33.8. The Balaban J connectivity index is -0.000000282. The second kappa shape index (κ2) is 37.1. The molecule has 5 N–H and O–H groups in total. The van der Waals surface area contributed by atoms with Crippen LogP contribution in [0.15, 0.2) is 61.9 Å². The fraction of sp³-hybridized carbons (Fsp3) is 0.756. The average molecular weight is 664 g/mol. The van der Waals surface area contributed by atoms with Crippen LogP contribution >= 0.6 is 0 Å². The summed E-state index contributed by atoms with van der Waals surface area (Å²) in [6.07, 6.45) is 21.6. The number of hydrogen-bond donors (Lipinski definition) is 4. The number of nitrogens with two attached hydrogens (primary N) is 1. The lowest BCUT2D eigenvalue weighted by molar-refractivity contribution is -0.00336. The van der Waals surface area contributed by atoms with Gasteiger partial charge in [-0.05, 0) is 76.7 Å². The van der Waals surface area contributed by atoms with E-state index in [0.717, 1.165) is 56.9 Å². The third kappa shape index (κ3) is 34.0. The van der Waals surface area contributed by atoms with Crippen molar-refractivity contribution in [2.24, 2.45) is 17.1 Å². The summed E-state index contributed by atoms with van der Waals surface area (Å²) in [7, 11) is 5.57. The van der Waals surface area contributed by atoms with Gasteiger partial charge in [-0.15, -0.1) is 13.2 Å². The predicted octanol–water partition coefficient (Wildman–Crippen LogP) is 9.97. The van der Waals surface area contributed by atoms with Crippen LogP contribution in [0.3, 0.4) is 0 Å². The van der Waals surface area contributed by atoms with Gasteiger partial charge in [-0.3, -0.25) is 4.84 Å². The summed E-state index contributed by atoms with van der Waals surface area (Å²) in [6.45, 7) is 37.7. The molecule has 0 bridgehead atoms. The number of nitrogens with one attached hydrogen (secondary N) is 3. The molecule has 0 amide bonds. The normalized spacial score (nSPS) is 16.7. The lowest BCUT2D eigenvalue weighted by Crippen LogP contribution is -2.37. The van der Waals surface area contributed by atoms with Gasteiger partial charge in [0.15, 0.2) is 0 Å². The van der Waals surface area contributed by atoms with Crippen molar-refractivity contribution < 1.29 is 4.84 Å². The molecular weight excluding hydrogens is 578 g/mol. The molecule has 2 rings (SSSR count). The zero-order valence-corrected chi connectivity index (χ0v) is 33.8. The highest BCUT2D eigenvalue weighted by atomic mass is 16.6. The maximum atomic E-state index is 5.75. The number of rotatable bonds is 17. The van der Waals surface area contributed by atoms with Crippen LogP contribution in [-0.2, 0) is 4.84 Å². The van der Waals surface area contributed by atoms with Crippen molar-refractivity contribution in [1.29, 1.82) is 0 Å². The van der Waals surface area contributed by atoms with E-state index in [1.165, 1.54) is 57.7 Å². The molecule has 1 heterocycles. The van der Waals surface area contributed by atoms with Crippen LogP contribution in [0.4, 0.5) is 0 Å². The Bertz CT molecular complexity index is 739. The Morgan fingerprint density at radius 1 is 1.00 bits per heavy atom. The first kappa shape index (κ1) is 52.1. The molecule has 2 fully saturated rings. The molecule has 0 spiro atoms. The summed E-state index contributed by atoms with van der Waals surface area (Å²) in [5, 5.41) is 6.29. The minimum atomic E-state index is 0.207. The molecule has 3 unspecified atom stereocenters. The molecule has 1 saturated carbocycles. The van der Waals surface area contributed by atoms with Crippen LogP contribution in [0.25, 0.3) is 0 Å². The standard InChI is InChI=1S/C16H30N2O.C12H23N.C5H10.C4H9N.C3H8.CH5N/c1-5-9-14(7-3)16(10-6-2)17-19-13-15-11-8-12-18(15)4;1-7-9-10(3)13-11(8-2)12(4,5)6;1-2-5-3-4-5;1-3-4-5-2;1-3-2;1-2/h7,9,15-17H,3,5-6,8,10-13H2,1-2,4H3;8,11,13H,2-3,7,9H2,1,4-6H3;5H,2-4H2,1H3;3,5H,1,4H2,2H3;3H2,1-2H3;2H2,1H3/b14-9-;;;;;. The number of hydroxylamine groups is 1. The van der Waals surface area contributed by atoms with Crippen LogP contribution in [0, 0.1) is 11.3 Å². The Labute approximate surface area is 296 Å². The molecule has 1 aliphatic heterocycles. The third-order valence-electron chi connectivity index (χ3n) is 7.53. The van der Waals surface area contributed by atoms with Gasteiger partial charge in [0.1, 0.15) is 0 Å². The quantitative estimate of drug-likeness (QED) is 0.0705. The Kier molecular flexibility index (Phi) is 41.2. The lowest BCUT2D eigenvalue weighted by Gasteiger charge is -2.30. The molecule has 6 heteroatoms. The first-order valence-electron chi connectivity index (χ1n) is 18.7. The van der Waals surface area contributed by atoms with Gasteiger partial charge in [0, 0.05) is 24.3 Å². The Morgan fingerprint density at radius 3 is 1.89 bits per heavy atom. The number of hydrogen-bond acceptors (Lipinski definition) is 6. The maximum absolute atomic E-state index is 5.75. The van der Waals surface area contributed by atoms with E-state index in [9.17, 15) is 0 Å². The van der Waals surface area contributed by atoms with E-state index in [0.29, 0.717) is 12.1 Å². The van der Waals surface area contributed by atoms with E-state index in [-0.39, 0.29) is 11.5 Å². The van der Waals surface area contributed by atoms with Gasteiger partial charge in [0.25, 0.3) is 0 Å². The zero-order chi connectivity index (χ0) is 37.1. The number of allylic oxidation sites excluding steroid dienone is 2. The minimum Gasteiger partial charge on any atom is -0.382 e. The van der Waals surface area contributed by atoms with Crippen LogP contribution in [0.5, 0.6) is 0 Å². The van der Waals surface area contributed by atoms with E-state index in [4.69, 9.17) is 4.84 Å². The number of nitrogens with zero attached hydrogens (tertiary/aromatic N) is 1. The van der Waals surface area contributed by atoms with E-state index in [2.05, 4.69) is 129 Å². The second-order valence-electron chi connectivity index (χ2n) is 13.3. The van der Waals surface area contributed by atoms with Gasteiger partial charge in [-0.2, -0.15) is 5.48 Å². The molecule has 0 aromatic carbocycles. The second-order valence-corrected chi connectivity index (χ2v) is 13.3. The van der Waals surface area contributed by atoms with Gasteiger partial charge in [0.05, 0.1) is 12.6 Å². The monoisotopic (exact) mass is 664 g/mol. The van der Waals surface area contributed by atoms with Gasteiger partial charge < -0.3 is 21.3 Å². The van der Waals surface area contributed by atoms with E-state index in [1.54, 1.807) is 0 Å². The third-order valence-corrected chi connectivity index (χ3v) is 7.53. The smallest absolute Gasteiger partial charge is 0.0837 e. The molecule has 1 saturated heterocycles. The summed E-state index contributed by atoms with van der Waals surface area (Å²) in [4.78, 5) is 8.13. The molecule has 1 aliphatic carbocycles. The SMILES string of the molecule is C=C/C(=C/CC)C(CCC)NOCC1CCCN1C.C=CC(NC(=C)CCC)C(C)(C)C.C=CCNC.CCC.CCC1CC1.CN. The predicted molar refractivity (Wildman–Crippen MR) is 216 cm³/mol. The van der Waals surface area contributed by atoms with E-state index in [1.807, 2.05) is 25.3 Å². The Hall–Kier alpha value is -1.70. The van der Waals surface area contributed by atoms with Crippen molar-refractivity contribution in [3.05, 3.63) is 61.9 Å². The summed E-state index contributed by atoms with van der Waals surface area (Å²) >= 11 is 0. The van der Waals surface area contributed by atoms with Crippen LogP contribution in [-0.4, -0.2) is 63.9 Å². The fourth-order valence-electron chi connectivity index (χ4n) is 4.51. The van der Waals surface area contributed by atoms with Crippen molar-refractivity contribution in [3.8, 4) is 0 Å². The van der Waals surface area contributed by atoms with Gasteiger partial charge in [0.2, 0.25) is 0 Å². The number of likely N-dealkylation sites (N-methyl/N-ethyl adjacent to an activating group) is 2. The van der Waals surface area contributed by atoms with Crippen molar-refractivity contribution in [1.82, 2.24) is 21.0 Å². The fourth-order valence-corrected chi connectivity index (χ4v) is 4.51. The molecule has 3 atom stereocenters. The summed E-state index contributed by atoms with van der Waals surface area (Å²) in [5.41, 5.74) is 10.3. The van der Waals surface area contributed by atoms with Crippen LogP contribution in [0.1, 0.15) is 133 Å². The molecule has 0 radical (unpaired) electrons. The van der Waals surface area contributed by atoms with E-state index < -0.39 is 0 Å². The van der Waals surface area contributed by atoms with Crippen molar-refractivity contribution >= 4 is 0 Å². The van der Waals surface area contributed by atoms with Crippen molar-refractivity contribution in [2.75, 3.05) is 40.8 Å². The molecule has 0 aromatic heterocycles. The van der Waals surface area contributed by atoms with Crippen LogP contribution in [0.2, 0.25) is 0 Å².